The van der Waals surface area contributed by atoms with Crippen molar-refractivity contribution >= 4 is 28.5 Å². The van der Waals surface area contributed by atoms with Gasteiger partial charge in [-0.05, 0) is 24.6 Å². The number of hydrogen-bond donors (Lipinski definition) is 2. The second-order valence-electron chi connectivity index (χ2n) is 7.74. The van der Waals surface area contributed by atoms with E-state index in [1.54, 1.807) is 0 Å². The van der Waals surface area contributed by atoms with Gasteiger partial charge in [0.05, 0.1) is 19.0 Å². The highest BCUT2D eigenvalue weighted by atomic mass is 32.2. The molecule has 0 bridgehead atoms. The lowest BCUT2D eigenvalue weighted by atomic mass is 9.74. The molecule has 3 atom stereocenters. The first kappa shape index (κ1) is 24.3. The van der Waals surface area contributed by atoms with Crippen molar-refractivity contribution < 1.29 is 35.9 Å². The Kier molecular flexibility index (Phi) is 6.46. The third-order valence-electron chi connectivity index (χ3n) is 5.60. The first-order chi connectivity index (χ1) is 16.0. The lowest BCUT2D eigenvalue weighted by Crippen LogP contribution is -2.53. The minimum absolute atomic E-state index is 0.0774. The molecule has 2 aliphatic rings. The fourth-order valence-corrected chi connectivity index (χ4v) is 4.91. The van der Waals surface area contributed by atoms with E-state index in [1.807, 2.05) is 0 Å². The molecule has 182 valence electrons. The summed E-state index contributed by atoms with van der Waals surface area (Å²) in [5.41, 5.74) is 3.45. The van der Waals surface area contributed by atoms with Crippen LogP contribution in [0.2, 0.25) is 0 Å². The monoisotopic (exact) mass is 505 g/mol. The fraction of sp³-hybridized carbons (Fsp3) is 0.400. The molecule has 3 N–H and O–H groups in total. The minimum atomic E-state index is -4.58. The fourth-order valence-electron chi connectivity index (χ4n) is 3.90. The SMILES string of the molecule is NC1=N[C@@]2(c3cc(NC(=O)c4cnc(C(F)F)cn4)ccc3F)CO[C@@H](C(F)(F)F)C[C@H]2CS1. The van der Waals surface area contributed by atoms with E-state index in [-0.39, 0.29) is 27.9 Å². The molecule has 2 aliphatic heterocycles. The number of fused-ring (bicyclic) bond motifs is 1. The summed E-state index contributed by atoms with van der Waals surface area (Å²) in [6.45, 7) is -0.558. The van der Waals surface area contributed by atoms with Gasteiger partial charge in [0.1, 0.15) is 22.7 Å². The van der Waals surface area contributed by atoms with Gasteiger partial charge < -0.3 is 15.8 Å². The number of anilines is 1. The highest BCUT2D eigenvalue weighted by Gasteiger charge is 2.55. The van der Waals surface area contributed by atoms with Crippen LogP contribution in [0.5, 0.6) is 0 Å². The topological polar surface area (TPSA) is 102 Å². The summed E-state index contributed by atoms with van der Waals surface area (Å²) in [6, 6.07) is 3.51. The molecule has 7 nitrogen and oxygen atoms in total. The van der Waals surface area contributed by atoms with Crippen LogP contribution >= 0.6 is 11.8 Å². The average Bonchev–Trinajstić information content (AvgIpc) is 2.79. The molecule has 1 aromatic heterocycles. The van der Waals surface area contributed by atoms with Crippen molar-refractivity contribution in [3.8, 4) is 0 Å². The maximum Gasteiger partial charge on any atom is 0.414 e. The standard InChI is InChI=1S/C20H17F6N5O2S/c21-12-2-1-10(30-17(32)14-6-28-13(5-29-14)16(22)23)4-11(12)19-8-33-15(20(24,25)26)3-9(19)7-34-18(27)31-19/h1-2,4-6,9,15-16H,3,7-8H2,(H2,27,31)(H,30,32)/t9-,15+,19-/m0/s1. The summed E-state index contributed by atoms with van der Waals surface area (Å²) in [6.07, 6.45) is -8.26. The molecule has 1 amide bonds. The Morgan fingerprint density at radius 3 is 2.68 bits per heavy atom. The predicted molar refractivity (Wildman–Crippen MR) is 111 cm³/mol. The van der Waals surface area contributed by atoms with E-state index >= 15 is 0 Å². The number of aliphatic imine (C=N–C) groups is 1. The lowest BCUT2D eigenvalue weighted by Gasteiger charge is -2.46. The maximum atomic E-state index is 15.0. The van der Waals surface area contributed by atoms with Crippen LogP contribution in [-0.2, 0) is 10.3 Å². The number of carbonyl (C=O) groups excluding carboxylic acids is 1. The number of ether oxygens (including phenoxy) is 1. The maximum absolute atomic E-state index is 15.0. The van der Waals surface area contributed by atoms with Gasteiger partial charge in [-0.2, -0.15) is 13.2 Å². The molecule has 2 aromatic rings. The second kappa shape index (κ2) is 9.06. The number of halogens is 6. The average molecular weight is 505 g/mol. The van der Waals surface area contributed by atoms with Crippen molar-refractivity contribution in [2.75, 3.05) is 17.7 Å². The van der Waals surface area contributed by atoms with Crippen LogP contribution in [0.1, 0.15) is 34.6 Å². The molecule has 0 spiro atoms. The first-order valence-electron chi connectivity index (χ1n) is 9.87. The number of nitrogens with two attached hydrogens (primary N) is 1. The molecule has 14 heteroatoms. The van der Waals surface area contributed by atoms with Crippen LogP contribution in [0.4, 0.5) is 32.0 Å². The summed E-state index contributed by atoms with van der Waals surface area (Å²) in [5, 5.41) is 2.53. The quantitative estimate of drug-likeness (QED) is 0.609. The van der Waals surface area contributed by atoms with Crippen molar-refractivity contribution in [2.45, 2.75) is 30.7 Å². The molecular weight excluding hydrogens is 488 g/mol. The lowest BCUT2D eigenvalue weighted by molar-refractivity contribution is -0.245. The van der Waals surface area contributed by atoms with E-state index in [0.29, 0.717) is 0 Å². The van der Waals surface area contributed by atoms with Crippen molar-refractivity contribution in [1.82, 2.24) is 9.97 Å². The summed E-state index contributed by atoms with van der Waals surface area (Å²) >= 11 is 1.07. The van der Waals surface area contributed by atoms with Gasteiger partial charge in [0.25, 0.3) is 12.3 Å². The molecule has 34 heavy (non-hydrogen) atoms. The third-order valence-corrected chi connectivity index (χ3v) is 6.56. The first-order valence-corrected chi connectivity index (χ1v) is 10.9. The number of thioether (sulfide) groups is 1. The molecule has 4 rings (SSSR count). The molecule has 0 unspecified atom stereocenters. The molecule has 1 fully saturated rings. The van der Waals surface area contributed by atoms with Crippen molar-refractivity contribution in [3.05, 3.63) is 53.4 Å². The van der Waals surface area contributed by atoms with Crippen LogP contribution in [-0.4, -0.2) is 45.7 Å². The van der Waals surface area contributed by atoms with Crippen LogP contribution in [0.25, 0.3) is 0 Å². The smallest absolute Gasteiger partial charge is 0.379 e. The van der Waals surface area contributed by atoms with Crippen LogP contribution in [0.3, 0.4) is 0 Å². The Hall–Kier alpha value is -2.87. The van der Waals surface area contributed by atoms with Crippen LogP contribution in [0.15, 0.2) is 35.6 Å². The number of alkyl halides is 5. The van der Waals surface area contributed by atoms with E-state index < -0.39 is 60.6 Å². The van der Waals surface area contributed by atoms with Gasteiger partial charge in [0.15, 0.2) is 11.3 Å². The molecule has 1 saturated heterocycles. The summed E-state index contributed by atoms with van der Waals surface area (Å²) in [4.78, 5) is 23.9. The van der Waals surface area contributed by atoms with Crippen molar-refractivity contribution in [3.63, 3.8) is 0 Å². The minimum Gasteiger partial charge on any atom is -0.379 e. The van der Waals surface area contributed by atoms with Gasteiger partial charge >= 0.3 is 6.18 Å². The highest BCUT2D eigenvalue weighted by molar-refractivity contribution is 8.13. The van der Waals surface area contributed by atoms with Crippen molar-refractivity contribution in [1.29, 1.82) is 0 Å². The van der Waals surface area contributed by atoms with Gasteiger partial charge in [0, 0.05) is 22.9 Å². The summed E-state index contributed by atoms with van der Waals surface area (Å²) in [7, 11) is 0. The summed E-state index contributed by atoms with van der Waals surface area (Å²) in [5.74, 6) is -2.13. The Bertz CT molecular complexity index is 1110. The van der Waals surface area contributed by atoms with E-state index in [9.17, 15) is 31.1 Å². The number of nitrogens with one attached hydrogen (secondary N) is 1. The molecule has 3 heterocycles. The molecule has 0 radical (unpaired) electrons. The predicted octanol–water partition coefficient (Wildman–Crippen LogP) is 4.03. The zero-order valence-electron chi connectivity index (χ0n) is 17.2. The largest absolute Gasteiger partial charge is 0.414 e. The number of amides is 1. The van der Waals surface area contributed by atoms with Gasteiger partial charge in [-0.1, -0.05) is 11.8 Å². The number of amidine groups is 1. The van der Waals surface area contributed by atoms with Gasteiger partial charge in [-0.15, -0.1) is 0 Å². The van der Waals surface area contributed by atoms with Crippen LogP contribution < -0.4 is 11.1 Å². The number of rotatable bonds is 4. The van der Waals surface area contributed by atoms with Crippen molar-refractivity contribution in [2.24, 2.45) is 16.6 Å². The molecule has 0 aliphatic carbocycles. The number of nitrogens with zero attached hydrogens (tertiary/aromatic N) is 3. The normalized spacial score (nSPS) is 25.0. The zero-order valence-corrected chi connectivity index (χ0v) is 18.0. The van der Waals surface area contributed by atoms with Crippen LogP contribution in [0, 0.1) is 11.7 Å². The number of aromatic nitrogens is 2. The molecule has 0 saturated carbocycles. The highest BCUT2D eigenvalue weighted by Crippen LogP contribution is 2.49. The Balaban J connectivity index is 1.64. The van der Waals surface area contributed by atoms with E-state index in [2.05, 4.69) is 20.3 Å². The van der Waals surface area contributed by atoms with Gasteiger partial charge in [-0.3, -0.25) is 9.78 Å². The number of hydrogen-bond acceptors (Lipinski definition) is 7. The number of carbonyl (C=O) groups is 1. The molecular formula is C20H17F6N5O2S. The summed E-state index contributed by atoms with van der Waals surface area (Å²) < 4.78 is 85.0. The van der Waals surface area contributed by atoms with E-state index in [1.165, 1.54) is 12.1 Å². The second-order valence-corrected chi connectivity index (χ2v) is 8.78. The zero-order chi connectivity index (χ0) is 24.7. The van der Waals surface area contributed by atoms with Gasteiger partial charge in [-0.25, -0.2) is 23.1 Å². The Morgan fingerprint density at radius 2 is 2.03 bits per heavy atom. The Morgan fingerprint density at radius 1 is 1.26 bits per heavy atom. The third kappa shape index (κ3) is 4.69. The number of benzene rings is 1. The van der Waals surface area contributed by atoms with E-state index in [4.69, 9.17) is 10.5 Å². The van der Waals surface area contributed by atoms with Gasteiger partial charge in [0.2, 0.25) is 0 Å². The van der Waals surface area contributed by atoms with E-state index in [0.717, 1.165) is 30.2 Å². The molecule has 1 aromatic carbocycles. The Labute approximate surface area is 193 Å².